The van der Waals surface area contributed by atoms with Crippen LogP contribution in [0, 0.1) is 0 Å². The minimum absolute atomic E-state index is 0.00796. The number of nitrogens with one attached hydrogen (secondary N) is 1. The molecule has 8 nitrogen and oxygen atoms in total. The SMILES string of the molecule is CCCOc1ccc(CN=C(NCC)N2CCOC(c3cnn(C)c3)C2)cc1OC. The van der Waals surface area contributed by atoms with Crippen LogP contribution in [0.25, 0.3) is 0 Å². The largest absolute Gasteiger partial charge is 0.493 e. The van der Waals surface area contributed by atoms with Gasteiger partial charge in [0, 0.05) is 31.9 Å². The lowest BCUT2D eigenvalue weighted by atomic mass is 10.1. The van der Waals surface area contributed by atoms with E-state index in [0.29, 0.717) is 19.8 Å². The van der Waals surface area contributed by atoms with Crippen LogP contribution in [-0.4, -0.2) is 60.6 Å². The Morgan fingerprint density at radius 2 is 2.20 bits per heavy atom. The average molecular weight is 416 g/mol. The van der Waals surface area contributed by atoms with E-state index in [9.17, 15) is 0 Å². The van der Waals surface area contributed by atoms with Gasteiger partial charge in [-0.05, 0) is 31.0 Å². The standard InChI is InChI=1S/C22H33N5O3/c1-5-10-29-19-8-7-17(12-20(19)28-4)13-24-22(23-6-2)27-9-11-30-21(16-27)18-14-25-26(3)15-18/h7-8,12,14-15,21H,5-6,9-11,13,16H2,1-4H3,(H,23,24). The van der Waals surface area contributed by atoms with Crippen molar-refractivity contribution < 1.29 is 14.2 Å². The van der Waals surface area contributed by atoms with E-state index in [2.05, 4.69) is 29.2 Å². The van der Waals surface area contributed by atoms with Crippen LogP contribution in [0.1, 0.15) is 37.5 Å². The fraction of sp³-hybridized carbons (Fsp3) is 0.545. The van der Waals surface area contributed by atoms with Crippen molar-refractivity contribution in [1.29, 1.82) is 0 Å². The van der Waals surface area contributed by atoms with E-state index in [1.807, 2.05) is 37.6 Å². The lowest BCUT2D eigenvalue weighted by Gasteiger charge is -2.34. The first kappa shape index (κ1) is 22.0. The summed E-state index contributed by atoms with van der Waals surface area (Å²) in [6.07, 6.45) is 4.83. The molecule has 30 heavy (non-hydrogen) atoms. The summed E-state index contributed by atoms with van der Waals surface area (Å²) in [6.45, 7) is 8.40. The molecule has 0 saturated carbocycles. The van der Waals surface area contributed by atoms with Crippen molar-refractivity contribution in [1.82, 2.24) is 20.0 Å². The molecule has 0 aliphatic carbocycles. The van der Waals surface area contributed by atoms with Gasteiger partial charge in [-0.25, -0.2) is 4.99 Å². The molecule has 0 amide bonds. The Kier molecular flexibility index (Phi) is 7.96. The van der Waals surface area contributed by atoms with E-state index >= 15 is 0 Å². The number of aryl methyl sites for hydroxylation is 1. The van der Waals surface area contributed by atoms with Crippen LogP contribution in [-0.2, 0) is 18.3 Å². The second kappa shape index (κ2) is 10.9. The van der Waals surface area contributed by atoms with Crippen molar-refractivity contribution in [2.24, 2.45) is 12.0 Å². The summed E-state index contributed by atoms with van der Waals surface area (Å²) < 4.78 is 19.0. The quantitative estimate of drug-likeness (QED) is 0.528. The maximum atomic E-state index is 5.97. The van der Waals surface area contributed by atoms with Gasteiger partial charge in [0.05, 0.1) is 39.6 Å². The highest BCUT2D eigenvalue weighted by atomic mass is 16.5. The first-order chi connectivity index (χ1) is 14.6. The molecule has 2 heterocycles. The summed E-state index contributed by atoms with van der Waals surface area (Å²) in [6, 6.07) is 5.99. The van der Waals surface area contributed by atoms with Gasteiger partial charge in [0.25, 0.3) is 0 Å². The number of methoxy groups -OCH3 is 1. The monoisotopic (exact) mass is 415 g/mol. The second-order valence-corrected chi connectivity index (χ2v) is 7.26. The van der Waals surface area contributed by atoms with Gasteiger partial charge in [-0.1, -0.05) is 13.0 Å². The third kappa shape index (κ3) is 5.66. The van der Waals surface area contributed by atoms with Gasteiger partial charge in [-0.3, -0.25) is 4.68 Å². The minimum atomic E-state index is -0.00796. The molecule has 1 unspecified atom stereocenters. The molecule has 0 radical (unpaired) electrons. The van der Waals surface area contributed by atoms with E-state index in [4.69, 9.17) is 19.2 Å². The molecule has 164 valence electrons. The molecule has 1 aromatic heterocycles. The van der Waals surface area contributed by atoms with Gasteiger partial charge >= 0.3 is 0 Å². The normalized spacial score (nSPS) is 17.1. The Morgan fingerprint density at radius 3 is 2.90 bits per heavy atom. The van der Waals surface area contributed by atoms with Crippen LogP contribution >= 0.6 is 0 Å². The van der Waals surface area contributed by atoms with Crippen molar-refractivity contribution in [2.45, 2.75) is 32.9 Å². The van der Waals surface area contributed by atoms with Crippen molar-refractivity contribution in [3.63, 3.8) is 0 Å². The Bertz CT molecular complexity index is 836. The summed E-state index contributed by atoms with van der Waals surface area (Å²) in [4.78, 5) is 7.12. The molecule has 1 aliphatic rings. The number of morpholine rings is 1. The number of benzene rings is 1. The van der Waals surface area contributed by atoms with Gasteiger partial charge in [0.1, 0.15) is 6.10 Å². The summed E-state index contributed by atoms with van der Waals surface area (Å²) in [5.74, 6) is 2.40. The average Bonchev–Trinajstić information content (AvgIpc) is 3.22. The van der Waals surface area contributed by atoms with Crippen molar-refractivity contribution in [3.8, 4) is 11.5 Å². The van der Waals surface area contributed by atoms with Gasteiger partial charge < -0.3 is 24.4 Å². The van der Waals surface area contributed by atoms with Gasteiger partial charge in [0.2, 0.25) is 0 Å². The number of hydrogen-bond acceptors (Lipinski definition) is 5. The molecule has 1 aromatic carbocycles. The zero-order chi connectivity index (χ0) is 21.3. The Hall–Kier alpha value is -2.74. The highest BCUT2D eigenvalue weighted by molar-refractivity contribution is 5.80. The Morgan fingerprint density at radius 1 is 1.33 bits per heavy atom. The summed E-state index contributed by atoms with van der Waals surface area (Å²) in [7, 11) is 3.58. The molecule has 8 heteroatoms. The minimum Gasteiger partial charge on any atom is -0.493 e. The summed E-state index contributed by atoms with van der Waals surface area (Å²) in [5.41, 5.74) is 2.16. The number of guanidine groups is 1. The molecule has 0 spiro atoms. The predicted molar refractivity (Wildman–Crippen MR) is 117 cm³/mol. The van der Waals surface area contributed by atoms with Crippen LogP contribution in [0.5, 0.6) is 11.5 Å². The van der Waals surface area contributed by atoms with Crippen molar-refractivity contribution >= 4 is 5.96 Å². The number of nitrogens with zero attached hydrogens (tertiary/aromatic N) is 4. The number of hydrogen-bond donors (Lipinski definition) is 1. The van der Waals surface area contributed by atoms with Crippen LogP contribution in [0.2, 0.25) is 0 Å². The van der Waals surface area contributed by atoms with Crippen LogP contribution in [0.3, 0.4) is 0 Å². The lowest BCUT2D eigenvalue weighted by molar-refractivity contribution is -0.00805. The highest BCUT2D eigenvalue weighted by Gasteiger charge is 2.25. The molecule has 1 N–H and O–H groups in total. The van der Waals surface area contributed by atoms with E-state index in [0.717, 1.165) is 54.6 Å². The second-order valence-electron chi connectivity index (χ2n) is 7.26. The molecule has 3 rings (SSSR count). The van der Waals surface area contributed by atoms with Crippen LogP contribution in [0.4, 0.5) is 0 Å². The van der Waals surface area contributed by atoms with Gasteiger partial charge in [0.15, 0.2) is 17.5 Å². The van der Waals surface area contributed by atoms with E-state index in [1.165, 1.54) is 0 Å². The highest BCUT2D eigenvalue weighted by Crippen LogP contribution is 2.28. The fourth-order valence-electron chi connectivity index (χ4n) is 3.38. The van der Waals surface area contributed by atoms with Crippen molar-refractivity contribution in [3.05, 3.63) is 41.7 Å². The van der Waals surface area contributed by atoms with Gasteiger partial charge in [-0.2, -0.15) is 5.10 Å². The summed E-state index contributed by atoms with van der Waals surface area (Å²) >= 11 is 0. The Balaban J connectivity index is 1.70. The first-order valence-electron chi connectivity index (χ1n) is 10.6. The fourth-order valence-corrected chi connectivity index (χ4v) is 3.38. The summed E-state index contributed by atoms with van der Waals surface area (Å²) in [5, 5.41) is 7.68. The lowest BCUT2D eigenvalue weighted by Crippen LogP contribution is -2.48. The number of aliphatic imine (C=N–C) groups is 1. The predicted octanol–water partition coefficient (Wildman–Crippen LogP) is 2.76. The van der Waals surface area contributed by atoms with Crippen molar-refractivity contribution in [2.75, 3.05) is 40.0 Å². The first-order valence-corrected chi connectivity index (χ1v) is 10.6. The zero-order valence-electron chi connectivity index (χ0n) is 18.4. The molecular weight excluding hydrogens is 382 g/mol. The molecule has 1 atom stereocenters. The smallest absolute Gasteiger partial charge is 0.194 e. The Labute approximate surface area is 178 Å². The zero-order valence-corrected chi connectivity index (χ0v) is 18.4. The molecule has 1 fully saturated rings. The van der Waals surface area contributed by atoms with Crippen LogP contribution < -0.4 is 14.8 Å². The van der Waals surface area contributed by atoms with Gasteiger partial charge in [-0.15, -0.1) is 0 Å². The number of ether oxygens (including phenoxy) is 3. The third-order valence-corrected chi connectivity index (χ3v) is 4.90. The molecular formula is C22H33N5O3. The van der Waals surface area contributed by atoms with Crippen LogP contribution in [0.15, 0.2) is 35.6 Å². The topological polar surface area (TPSA) is 73.1 Å². The third-order valence-electron chi connectivity index (χ3n) is 4.90. The number of aromatic nitrogens is 2. The van der Waals surface area contributed by atoms with E-state index < -0.39 is 0 Å². The molecule has 1 saturated heterocycles. The molecule has 0 bridgehead atoms. The molecule has 2 aromatic rings. The van der Waals surface area contributed by atoms with E-state index in [-0.39, 0.29) is 6.10 Å². The molecule has 1 aliphatic heterocycles. The number of rotatable bonds is 8. The maximum Gasteiger partial charge on any atom is 0.194 e. The van der Waals surface area contributed by atoms with E-state index in [1.54, 1.807) is 11.8 Å². The maximum absolute atomic E-state index is 5.97.